The van der Waals surface area contributed by atoms with Crippen LogP contribution in [-0.2, 0) is 28.6 Å². The van der Waals surface area contributed by atoms with Crippen LogP contribution in [-0.4, -0.2) is 52.7 Å². The molecule has 0 heterocycles. The molecule has 7 atom stereocenters. The van der Waals surface area contributed by atoms with E-state index in [0.717, 1.165) is 0 Å². The maximum Gasteiger partial charge on any atom is 0.338 e. The Hall–Kier alpha value is -3.26. The molecule has 7 unspecified atom stereocenters. The van der Waals surface area contributed by atoms with Crippen LogP contribution in [0, 0.1) is 23.2 Å². The van der Waals surface area contributed by atoms with Crippen molar-refractivity contribution in [3.8, 4) is 0 Å². The first kappa shape index (κ1) is 30.3. The molecule has 8 heteroatoms. The van der Waals surface area contributed by atoms with Crippen LogP contribution in [0.4, 0.5) is 0 Å². The van der Waals surface area contributed by atoms with E-state index in [9.17, 15) is 24.3 Å². The molecular weight excluding hydrogens is 500 g/mol. The number of allylic oxidation sites excluding steroid dienone is 1. The van der Waals surface area contributed by atoms with Gasteiger partial charge in [0.2, 0.25) is 0 Å². The molecule has 0 aliphatic heterocycles. The lowest BCUT2D eigenvalue weighted by Crippen LogP contribution is -2.55. The predicted octanol–water partition coefficient (Wildman–Crippen LogP) is 4.60. The van der Waals surface area contributed by atoms with Crippen molar-refractivity contribution in [3.05, 3.63) is 59.7 Å². The summed E-state index contributed by atoms with van der Waals surface area (Å²) in [7, 11) is 0. The number of ketones is 1. The summed E-state index contributed by atoms with van der Waals surface area (Å²) in [6.45, 7) is 11.5. The van der Waals surface area contributed by atoms with E-state index in [-0.39, 0.29) is 24.5 Å². The number of esters is 3. The minimum atomic E-state index is -1.41. The molecular formula is C31H40O8. The fraction of sp³-hybridized carbons (Fsp3) is 0.548. The number of rotatable bonds is 4. The van der Waals surface area contributed by atoms with Gasteiger partial charge in [-0.3, -0.25) is 14.4 Å². The van der Waals surface area contributed by atoms with Crippen molar-refractivity contribution >= 4 is 23.7 Å². The SMILES string of the molecule is CC(=O)OC1C(C)C=CC(C)(C)C(=O)CC(O)C(C)=CC2C(OC(=O)c3ccccc3)C(C)CC21OC(C)=O. The first-order valence-electron chi connectivity index (χ1n) is 13.4. The molecule has 1 N–H and O–H groups in total. The molecule has 0 radical (unpaired) electrons. The van der Waals surface area contributed by atoms with Gasteiger partial charge in [0.25, 0.3) is 0 Å². The molecule has 0 aromatic heterocycles. The molecule has 3 rings (SSSR count). The minimum absolute atomic E-state index is 0.112. The molecule has 2 aliphatic rings. The van der Waals surface area contributed by atoms with Crippen LogP contribution < -0.4 is 0 Å². The van der Waals surface area contributed by atoms with Gasteiger partial charge in [-0.05, 0) is 50.8 Å². The summed E-state index contributed by atoms with van der Waals surface area (Å²) in [5, 5.41) is 11.0. The van der Waals surface area contributed by atoms with Crippen LogP contribution >= 0.6 is 0 Å². The molecule has 0 spiro atoms. The third-order valence-corrected chi connectivity index (χ3v) is 7.84. The van der Waals surface area contributed by atoms with E-state index in [1.807, 2.05) is 13.8 Å². The number of carbonyl (C=O) groups is 4. The van der Waals surface area contributed by atoms with Gasteiger partial charge in [0.05, 0.1) is 17.6 Å². The largest absolute Gasteiger partial charge is 0.458 e. The fourth-order valence-corrected chi connectivity index (χ4v) is 5.73. The van der Waals surface area contributed by atoms with Gasteiger partial charge in [-0.1, -0.05) is 50.3 Å². The molecule has 0 amide bonds. The number of aliphatic hydroxyl groups is 1. The summed E-state index contributed by atoms with van der Waals surface area (Å²) < 4.78 is 18.0. The maximum atomic E-state index is 13.2. The second-order valence-electron chi connectivity index (χ2n) is 11.5. The second kappa shape index (κ2) is 11.9. The standard InChI is InChI=1S/C31H40O8/c1-18-13-14-30(6,7)26(35)16-25(34)19(2)15-24-27(38-29(36)23-11-9-8-10-12-23)20(3)17-31(24,39-22(5)33)28(18)37-21(4)32/h8-15,18,20,24-25,27-28,34H,16-17H2,1-7H3. The number of Topliss-reactive ketones (excluding diaryl/α,β-unsaturated/α-hetero) is 1. The Morgan fingerprint density at radius 1 is 1.00 bits per heavy atom. The number of aliphatic hydroxyl groups excluding tert-OH is 1. The van der Waals surface area contributed by atoms with Crippen LogP contribution in [0.5, 0.6) is 0 Å². The number of carbonyl (C=O) groups excluding carboxylic acids is 4. The van der Waals surface area contributed by atoms with E-state index < -0.39 is 59.1 Å². The number of hydrogen-bond acceptors (Lipinski definition) is 8. The van der Waals surface area contributed by atoms with Crippen molar-refractivity contribution in [2.24, 2.45) is 23.2 Å². The summed E-state index contributed by atoms with van der Waals surface area (Å²) in [4.78, 5) is 51.2. The van der Waals surface area contributed by atoms with Crippen molar-refractivity contribution in [1.82, 2.24) is 0 Å². The maximum absolute atomic E-state index is 13.2. The highest BCUT2D eigenvalue weighted by molar-refractivity contribution is 5.89. The summed E-state index contributed by atoms with van der Waals surface area (Å²) in [6.07, 6.45) is 2.53. The minimum Gasteiger partial charge on any atom is -0.458 e. The first-order valence-corrected chi connectivity index (χ1v) is 13.4. The summed E-state index contributed by atoms with van der Waals surface area (Å²) in [5.41, 5.74) is -1.46. The highest BCUT2D eigenvalue weighted by Crippen LogP contribution is 2.51. The lowest BCUT2D eigenvalue weighted by Gasteiger charge is -2.43. The van der Waals surface area contributed by atoms with E-state index in [0.29, 0.717) is 11.1 Å². The summed E-state index contributed by atoms with van der Waals surface area (Å²) in [6, 6.07) is 8.56. The van der Waals surface area contributed by atoms with E-state index in [1.165, 1.54) is 13.8 Å². The van der Waals surface area contributed by atoms with Crippen LogP contribution in [0.25, 0.3) is 0 Å². The highest BCUT2D eigenvalue weighted by atomic mass is 16.6. The molecule has 39 heavy (non-hydrogen) atoms. The van der Waals surface area contributed by atoms with Gasteiger partial charge in [0.15, 0.2) is 5.60 Å². The quantitative estimate of drug-likeness (QED) is 0.335. The van der Waals surface area contributed by atoms with Crippen molar-refractivity contribution in [3.63, 3.8) is 0 Å². The Kier molecular flexibility index (Phi) is 9.21. The molecule has 0 saturated heterocycles. The van der Waals surface area contributed by atoms with E-state index in [4.69, 9.17) is 14.2 Å². The lowest BCUT2D eigenvalue weighted by molar-refractivity contribution is -0.195. The smallest absolute Gasteiger partial charge is 0.338 e. The number of ether oxygens (including phenoxy) is 3. The van der Waals surface area contributed by atoms with Gasteiger partial charge in [0.1, 0.15) is 18.0 Å². The van der Waals surface area contributed by atoms with Crippen molar-refractivity contribution in [1.29, 1.82) is 0 Å². The molecule has 212 valence electrons. The Morgan fingerprint density at radius 2 is 1.64 bits per heavy atom. The molecule has 1 saturated carbocycles. The van der Waals surface area contributed by atoms with E-state index >= 15 is 0 Å². The summed E-state index contributed by atoms with van der Waals surface area (Å²) in [5.74, 6) is -3.40. The Morgan fingerprint density at radius 3 is 2.23 bits per heavy atom. The molecule has 2 aliphatic carbocycles. The molecule has 8 nitrogen and oxygen atoms in total. The van der Waals surface area contributed by atoms with Crippen LogP contribution in [0.1, 0.15) is 71.7 Å². The van der Waals surface area contributed by atoms with Crippen molar-refractivity contribution in [2.45, 2.75) is 85.2 Å². The topological polar surface area (TPSA) is 116 Å². The average Bonchev–Trinajstić information content (AvgIpc) is 3.10. The number of hydrogen-bond donors (Lipinski definition) is 1. The average molecular weight is 541 g/mol. The Bertz CT molecular complexity index is 1150. The van der Waals surface area contributed by atoms with Gasteiger partial charge in [0, 0.05) is 31.6 Å². The molecule has 1 fully saturated rings. The first-order chi connectivity index (χ1) is 18.2. The zero-order chi connectivity index (χ0) is 29.1. The van der Waals surface area contributed by atoms with Gasteiger partial charge >= 0.3 is 17.9 Å². The lowest BCUT2D eigenvalue weighted by atomic mass is 9.75. The van der Waals surface area contributed by atoms with E-state index in [1.54, 1.807) is 69.3 Å². The Balaban J connectivity index is 2.23. The van der Waals surface area contributed by atoms with Crippen LogP contribution in [0.15, 0.2) is 54.1 Å². The Labute approximate surface area is 230 Å². The van der Waals surface area contributed by atoms with Gasteiger partial charge in [-0.25, -0.2) is 4.79 Å². The normalized spacial score (nSPS) is 32.6. The van der Waals surface area contributed by atoms with Gasteiger partial charge in [-0.15, -0.1) is 0 Å². The van der Waals surface area contributed by atoms with Crippen molar-refractivity contribution < 1.29 is 38.5 Å². The molecule has 0 bridgehead atoms. The van der Waals surface area contributed by atoms with Crippen LogP contribution in [0.3, 0.4) is 0 Å². The third kappa shape index (κ3) is 6.67. The van der Waals surface area contributed by atoms with Crippen molar-refractivity contribution in [2.75, 3.05) is 0 Å². The predicted molar refractivity (Wildman–Crippen MR) is 144 cm³/mol. The third-order valence-electron chi connectivity index (χ3n) is 7.84. The van der Waals surface area contributed by atoms with Gasteiger partial charge < -0.3 is 19.3 Å². The zero-order valence-corrected chi connectivity index (χ0v) is 23.8. The van der Waals surface area contributed by atoms with E-state index in [2.05, 4.69) is 0 Å². The number of fused-ring (bicyclic) bond motifs is 1. The number of benzene rings is 1. The highest BCUT2D eigenvalue weighted by Gasteiger charge is 2.62. The molecule has 1 aromatic carbocycles. The monoisotopic (exact) mass is 540 g/mol. The van der Waals surface area contributed by atoms with Crippen LogP contribution in [0.2, 0.25) is 0 Å². The summed E-state index contributed by atoms with van der Waals surface area (Å²) >= 11 is 0. The van der Waals surface area contributed by atoms with Gasteiger partial charge in [-0.2, -0.15) is 0 Å². The zero-order valence-electron chi connectivity index (χ0n) is 23.8. The molecule has 1 aromatic rings. The fourth-order valence-electron chi connectivity index (χ4n) is 5.73. The second-order valence-corrected chi connectivity index (χ2v) is 11.5.